The summed E-state index contributed by atoms with van der Waals surface area (Å²) < 4.78 is 62.5. The van der Waals surface area contributed by atoms with Gasteiger partial charge in [-0.25, -0.2) is 26.8 Å². The Labute approximate surface area is 151 Å². The average molecular weight is 392 g/mol. The van der Waals surface area contributed by atoms with Crippen LogP contribution in [0.15, 0.2) is 73.4 Å². The fraction of sp³-hybridized carbons (Fsp3) is 0.111. The molecule has 2 unspecified atom stereocenters. The summed E-state index contributed by atoms with van der Waals surface area (Å²) in [5.74, 6) is -3.27. The molecule has 1 aliphatic carbocycles. The van der Waals surface area contributed by atoms with Crippen molar-refractivity contribution in [2.24, 2.45) is 5.92 Å². The monoisotopic (exact) mass is 392 g/mol. The summed E-state index contributed by atoms with van der Waals surface area (Å²) in [6.45, 7) is 0. The lowest BCUT2D eigenvalue weighted by atomic mass is 9.95. The van der Waals surface area contributed by atoms with E-state index in [0.717, 1.165) is 36.4 Å². The molecule has 0 saturated heterocycles. The fourth-order valence-corrected chi connectivity index (χ4v) is 4.30. The van der Waals surface area contributed by atoms with E-state index in [-0.39, 0.29) is 11.0 Å². The smallest absolute Gasteiger partial charge is 0.355 e. The molecule has 4 rings (SSSR count). The Bertz CT molecular complexity index is 1240. The van der Waals surface area contributed by atoms with Gasteiger partial charge in [-0.2, -0.15) is 0 Å². The van der Waals surface area contributed by atoms with Gasteiger partial charge in [0, 0.05) is 11.3 Å². The number of esters is 1. The lowest BCUT2D eigenvalue weighted by molar-refractivity contribution is -0.143. The molecule has 2 aromatic rings. The van der Waals surface area contributed by atoms with Crippen LogP contribution in [-0.2, 0) is 19.4 Å². The number of hydrogen-bond donors (Lipinski definition) is 0. The quantitative estimate of drug-likeness (QED) is 0.576. The van der Waals surface area contributed by atoms with Crippen LogP contribution in [0.3, 0.4) is 0 Å². The molecule has 2 atom stereocenters. The van der Waals surface area contributed by atoms with Gasteiger partial charge in [-0.05, 0) is 48.6 Å². The molecule has 0 N–H and O–H groups in total. The van der Waals surface area contributed by atoms with E-state index in [2.05, 4.69) is 0 Å². The van der Waals surface area contributed by atoms with Gasteiger partial charge in [0.05, 0.1) is 0 Å². The van der Waals surface area contributed by atoms with Gasteiger partial charge in [-0.1, -0.05) is 0 Å². The Morgan fingerprint density at radius 2 is 1.81 bits per heavy atom. The molecule has 27 heavy (non-hydrogen) atoms. The SMILES string of the molecule is O=C1OC2C=CC(F)=CC2C=C1S(=O)(=O)c1cc2cc(F)ccc2oc1=O. The van der Waals surface area contributed by atoms with Gasteiger partial charge in [0.1, 0.15) is 23.3 Å². The van der Waals surface area contributed by atoms with Crippen molar-refractivity contribution in [2.75, 3.05) is 0 Å². The van der Waals surface area contributed by atoms with E-state index in [1.807, 2.05) is 0 Å². The molecule has 0 amide bonds. The highest BCUT2D eigenvalue weighted by Gasteiger charge is 2.39. The van der Waals surface area contributed by atoms with E-state index < -0.39 is 54.9 Å². The Kier molecular flexibility index (Phi) is 3.84. The molecule has 1 aliphatic heterocycles. The van der Waals surface area contributed by atoms with Crippen molar-refractivity contribution in [3.05, 3.63) is 75.5 Å². The number of allylic oxidation sites excluding steroid dienone is 2. The average Bonchev–Trinajstić information content (AvgIpc) is 2.61. The first-order chi connectivity index (χ1) is 12.8. The zero-order valence-corrected chi connectivity index (χ0v) is 14.2. The molecule has 0 spiro atoms. The zero-order chi connectivity index (χ0) is 19.3. The van der Waals surface area contributed by atoms with Crippen molar-refractivity contribution < 1.29 is 31.1 Å². The maximum atomic E-state index is 13.4. The Morgan fingerprint density at radius 3 is 2.59 bits per heavy atom. The van der Waals surface area contributed by atoms with Crippen molar-refractivity contribution in [1.29, 1.82) is 0 Å². The van der Waals surface area contributed by atoms with Gasteiger partial charge in [0.2, 0.25) is 9.84 Å². The van der Waals surface area contributed by atoms with E-state index in [1.54, 1.807) is 0 Å². The molecule has 2 aliphatic rings. The van der Waals surface area contributed by atoms with Crippen molar-refractivity contribution in [1.82, 2.24) is 0 Å². The minimum Gasteiger partial charge on any atom is -0.453 e. The number of ether oxygens (including phenoxy) is 1. The van der Waals surface area contributed by atoms with E-state index in [1.165, 1.54) is 12.1 Å². The maximum absolute atomic E-state index is 13.4. The summed E-state index contributed by atoms with van der Waals surface area (Å²) in [5.41, 5.74) is -1.22. The van der Waals surface area contributed by atoms with Crippen LogP contribution >= 0.6 is 0 Å². The third-order valence-electron chi connectivity index (χ3n) is 4.21. The summed E-state index contributed by atoms with van der Waals surface area (Å²) in [4.78, 5) is 22.7. The molecule has 138 valence electrons. The summed E-state index contributed by atoms with van der Waals surface area (Å²) in [5, 5.41) is 0.0300. The third-order valence-corrected chi connectivity index (χ3v) is 5.95. The first-order valence-electron chi connectivity index (χ1n) is 7.72. The molecule has 1 aromatic carbocycles. The molecular formula is C18H10F2O6S. The summed E-state index contributed by atoms with van der Waals surface area (Å²) in [7, 11) is -4.63. The van der Waals surface area contributed by atoms with Crippen molar-refractivity contribution in [2.45, 2.75) is 11.0 Å². The standard InChI is InChI=1S/C18H10F2O6S/c19-11-1-3-13-9(5-11)7-15(17(21)25-13)27(23,24)16-8-10-6-12(20)2-4-14(10)26-18(16)22/h1-9,13H. The molecule has 6 nitrogen and oxygen atoms in total. The van der Waals surface area contributed by atoms with E-state index >= 15 is 0 Å². The van der Waals surface area contributed by atoms with Crippen molar-refractivity contribution in [3.63, 3.8) is 0 Å². The van der Waals surface area contributed by atoms with Gasteiger partial charge in [0.15, 0.2) is 9.80 Å². The Balaban J connectivity index is 1.87. The van der Waals surface area contributed by atoms with Crippen LogP contribution in [0.2, 0.25) is 0 Å². The van der Waals surface area contributed by atoms with Gasteiger partial charge in [-0.3, -0.25) is 0 Å². The van der Waals surface area contributed by atoms with Crippen LogP contribution in [0.5, 0.6) is 0 Å². The highest BCUT2D eigenvalue weighted by molar-refractivity contribution is 7.96. The first kappa shape index (κ1) is 17.3. The van der Waals surface area contributed by atoms with Crippen LogP contribution in [0.1, 0.15) is 0 Å². The molecule has 0 radical (unpaired) electrons. The normalized spacial score (nSPS) is 22.1. The number of fused-ring (bicyclic) bond motifs is 2. The predicted molar refractivity (Wildman–Crippen MR) is 89.4 cm³/mol. The van der Waals surface area contributed by atoms with Crippen LogP contribution in [0.25, 0.3) is 11.0 Å². The molecule has 0 saturated carbocycles. The summed E-state index contributed by atoms with van der Waals surface area (Å²) in [6, 6.07) is 4.16. The molecule has 2 heterocycles. The van der Waals surface area contributed by atoms with Gasteiger partial charge in [0.25, 0.3) is 0 Å². The van der Waals surface area contributed by atoms with Crippen molar-refractivity contribution in [3.8, 4) is 0 Å². The van der Waals surface area contributed by atoms with Crippen LogP contribution < -0.4 is 5.63 Å². The highest BCUT2D eigenvalue weighted by Crippen LogP contribution is 2.32. The summed E-state index contributed by atoms with van der Waals surface area (Å²) >= 11 is 0. The third kappa shape index (κ3) is 2.89. The van der Waals surface area contributed by atoms with Crippen LogP contribution in [0.4, 0.5) is 8.78 Å². The van der Waals surface area contributed by atoms with E-state index in [9.17, 15) is 26.8 Å². The lowest BCUT2D eigenvalue weighted by Gasteiger charge is -2.27. The number of benzene rings is 1. The lowest BCUT2D eigenvalue weighted by Crippen LogP contribution is -2.33. The summed E-state index contributed by atoms with van der Waals surface area (Å²) in [6.07, 6.45) is 3.70. The molecular weight excluding hydrogens is 382 g/mol. The number of halogens is 2. The van der Waals surface area contributed by atoms with Gasteiger partial charge in [-0.15, -0.1) is 0 Å². The fourth-order valence-electron chi connectivity index (χ4n) is 2.92. The second kappa shape index (κ2) is 5.98. The number of sulfone groups is 1. The second-order valence-corrected chi connectivity index (χ2v) is 7.86. The van der Waals surface area contributed by atoms with Gasteiger partial charge < -0.3 is 9.15 Å². The highest BCUT2D eigenvalue weighted by atomic mass is 32.2. The molecule has 1 aromatic heterocycles. The van der Waals surface area contributed by atoms with E-state index in [4.69, 9.17) is 9.15 Å². The van der Waals surface area contributed by atoms with Gasteiger partial charge >= 0.3 is 11.6 Å². The largest absolute Gasteiger partial charge is 0.453 e. The second-order valence-electron chi connectivity index (χ2n) is 5.97. The number of carbonyl (C=O) groups is 1. The topological polar surface area (TPSA) is 90.7 Å². The van der Waals surface area contributed by atoms with Crippen molar-refractivity contribution >= 4 is 26.8 Å². The minimum absolute atomic E-state index is 0.0111. The Morgan fingerprint density at radius 1 is 1.04 bits per heavy atom. The Hall–Kier alpha value is -3.07. The predicted octanol–water partition coefficient (Wildman–Crippen LogP) is 2.55. The van der Waals surface area contributed by atoms with Crippen LogP contribution in [-0.4, -0.2) is 20.5 Å². The first-order valence-corrected chi connectivity index (χ1v) is 9.21. The zero-order valence-electron chi connectivity index (χ0n) is 13.4. The minimum atomic E-state index is -4.63. The number of hydrogen-bond acceptors (Lipinski definition) is 6. The number of carbonyl (C=O) groups excluding carboxylic acids is 1. The van der Waals surface area contributed by atoms with E-state index in [0.29, 0.717) is 0 Å². The maximum Gasteiger partial charge on any atom is 0.355 e. The molecule has 0 bridgehead atoms. The molecule has 0 fully saturated rings. The van der Waals surface area contributed by atoms with Crippen LogP contribution in [0, 0.1) is 11.7 Å². The molecule has 9 heteroatoms. The number of rotatable bonds is 2.